The van der Waals surface area contributed by atoms with Gasteiger partial charge < -0.3 is 0 Å². The van der Waals surface area contributed by atoms with Crippen molar-refractivity contribution >= 4 is 21.4 Å². The minimum absolute atomic E-state index is 0.0324. The Hall–Kier alpha value is -2.17. The van der Waals surface area contributed by atoms with Crippen molar-refractivity contribution in [3.05, 3.63) is 58.6 Å². The first kappa shape index (κ1) is 18.6. The van der Waals surface area contributed by atoms with Gasteiger partial charge in [-0.15, -0.1) is 11.3 Å². The van der Waals surface area contributed by atoms with E-state index in [4.69, 9.17) is 0 Å². The Labute approximate surface area is 151 Å². The SMILES string of the molecule is Cc1sc(-c2cc(C(F)(F)F)[nH]n2)cc1S(=O)(=O)NCc1ccccc1. The van der Waals surface area contributed by atoms with Crippen LogP contribution < -0.4 is 4.72 Å². The summed E-state index contributed by atoms with van der Waals surface area (Å²) in [6.07, 6.45) is -4.54. The summed E-state index contributed by atoms with van der Waals surface area (Å²) in [4.78, 5) is 0.844. The molecule has 2 heterocycles. The zero-order chi connectivity index (χ0) is 18.9. The molecule has 5 nitrogen and oxygen atoms in total. The standard InChI is InChI=1S/C16H14F3N3O2S2/c1-10-14(26(23,24)20-9-11-5-3-2-4-6-11)8-13(25-10)12-7-15(22-21-12)16(17,18)19/h2-8,20H,9H2,1H3,(H,21,22). The molecular weight excluding hydrogens is 387 g/mol. The third kappa shape index (κ3) is 3.97. The Bertz CT molecular complexity index is 1010. The molecule has 0 saturated heterocycles. The molecule has 10 heteroatoms. The fraction of sp³-hybridized carbons (Fsp3) is 0.188. The van der Waals surface area contributed by atoms with E-state index in [9.17, 15) is 21.6 Å². The van der Waals surface area contributed by atoms with Gasteiger partial charge in [-0.1, -0.05) is 30.3 Å². The van der Waals surface area contributed by atoms with Crippen LogP contribution >= 0.6 is 11.3 Å². The number of nitrogens with one attached hydrogen (secondary N) is 2. The molecular formula is C16H14F3N3O2S2. The second kappa shape index (κ2) is 6.86. The van der Waals surface area contributed by atoms with Gasteiger partial charge in [-0.25, -0.2) is 13.1 Å². The highest BCUT2D eigenvalue weighted by atomic mass is 32.2. The second-order valence-corrected chi connectivity index (χ2v) is 8.50. The number of thiophene rings is 1. The Balaban J connectivity index is 1.84. The van der Waals surface area contributed by atoms with Gasteiger partial charge in [-0.3, -0.25) is 5.10 Å². The topological polar surface area (TPSA) is 74.8 Å². The lowest BCUT2D eigenvalue weighted by Gasteiger charge is -2.06. The maximum Gasteiger partial charge on any atom is 0.432 e. The Morgan fingerprint density at radius 1 is 1.19 bits per heavy atom. The molecule has 0 amide bonds. The van der Waals surface area contributed by atoms with Crippen LogP contribution in [0.15, 0.2) is 47.4 Å². The van der Waals surface area contributed by atoms with Crippen molar-refractivity contribution in [2.45, 2.75) is 24.5 Å². The predicted molar refractivity (Wildman–Crippen MR) is 92.1 cm³/mol. The lowest BCUT2D eigenvalue weighted by Crippen LogP contribution is -2.23. The number of alkyl halides is 3. The molecule has 3 rings (SSSR count). The fourth-order valence-electron chi connectivity index (χ4n) is 2.30. The van der Waals surface area contributed by atoms with Crippen molar-refractivity contribution in [1.29, 1.82) is 0 Å². The molecule has 0 unspecified atom stereocenters. The van der Waals surface area contributed by atoms with E-state index >= 15 is 0 Å². The Kier molecular flexibility index (Phi) is 4.91. The van der Waals surface area contributed by atoms with Crippen LogP contribution in [0.4, 0.5) is 13.2 Å². The highest BCUT2D eigenvalue weighted by Gasteiger charge is 2.33. The zero-order valence-electron chi connectivity index (χ0n) is 13.5. The summed E-state index contributed by atoms with van der Waals surface area (Å²) in [5, 5.41) is 5.56. The lowest BCUT2D eigenvalue weighted by atomic mass is 10.2. The summed E-state index contributed by atoms with van der Waals surface area (Å²) >= 11 is 1.07. The van der Waals surface area contributed by atoms with Gasteiger partial charge in [0, 0.05) is 11.4 Å². The average molecular weight is 401 g/mol. The first-order valence-corrected chi connectivity index (χ1v) is 9.74. The van der Waals surface area contributed by atoms with Crippen LogP contribution in [0.3, 0.4) is 0 Å². The molecule has 0 radical (unpaired) electrons. The van der Waals surface area contributed by atoms with Crippen LogP contribution in [-0.4, -0.2) is 18.6 Å². The largest absolute Gasteiger partial charge is 0.432 e. The molecule has 1 aromatic carbocycles. The highest BCUT2D eigenvalue weighted by molar-refractivity contribution is 7.89. The third-order valence-electron chi connectivity index (χ3n) is 3.61. The number of benzene rings is 1. The van der Waals surface area contributed by atoms with Crippen molar-refractivity contribution in [2.75, 3.05) is 0 Å². The molecule has 3 aromatic rings. The summed E-state index contributed by atoms with van der Waals surface area (Å²) in [5.41, 5.74) is -0.133. The Morgan fingerprint density at radius 2 is 1.88 bits per heavy atom. The molecule has 0 aliphatic heterocycles. The minimum atomic E-state index is -4.54. The van der Waals surface area contributed by atoms with Crippen molar-refractivity contribution < 1.29 is 21.6 Å². The molecule has 0 atom stereocenters. The van der Waals surface area contributed by atoms with Gasteiger partial charge in [0.15, 0.2) is 0 Å². The van der Waals surface area contributed by atoms with E-state index in [1.807, 2.05) is 11.2 Å². The second-order valence-electron chi connectivity index (χ2n) is 5.51. The van der Waals surface area contributed by atoms with Crippen LogP contribution in [0.25, 0.3) is 10.6 Å². The molecule has 0 spiro atoms. The number of sulfonamides is 1. The monoisotopic (exact) mass is 401 g/mol. The van der Waals surface area contributed by atoms with Crippen LogP contribution in [0.1, 0.15) is 16.1 Å². The smallest absolute Gasteiger partial charge is 0.273 e. The highest BCUT2D eigenvalue weighted by Crippen LogP contribution is 2.35. The number of nitrogens with zero attached hydrogens (tertiary/aromatic N) is 1. The molecule has 0 saturated carbocycles. The summed E-state index contributed by atoms with van der Waals surface area (Å²) < 4.78 is 65.6. The molecule has 0 fully saturated rings. The van der Waals surface area contributed by atoms with Gasteiger partial charge in [-0.05, 0) is 24.6 Å². The van der Waals surface area contributed by atoms with Crippen molar-refractivity contribution in [2.24, 2.45) is 0 Å². The maximum absolute atomic E-state index is 12.7. The van der Waals surface area contributed by atoms with Crippen LogP contribution in [-0.2, 0) is 22.7 Å². The maximum atomic E-state index is 12.7. The molecule has 26 heavy (non-hydrogen) atoms. The van der Waals surface area contributed by atoms with Crippen LogP contribution in [0.5, 0.6) is 0 Å². The van der Waals surface area contributed by atoms with Crippen molar-refractivity contribution in [3.8, 4) is 10.6 Å². The average Bonchev–Trinajstić information content (AvgIpc) is 3.20. The van der Waals surface area contributed by atoms with Gasteiger partial charge in [0.1, 0.15) is 11.4 Å². The van der Waals surface area contributed by atoms with E-state index in [-0.39, 0.29) is 17.1 Å². The molecule has 0 aliphatic rings. The summed E-state index contributed by atoms with van der Waals surface area (Å²) in [6.45, 7) is 1.72. The number of aromatic nitrogens is 2. The van der Waals surface area contributed by atoms with E-state index in [1.165, 1.54) is 6.07 Å². The number of hydrogen-bond acceptors (Lipinski definition) is 4. The molecule has 0 aliphatic carbocycles. The van der Waals surface area contributed by atoms with Gasteiger partial charge >= 0.3 is 6.18 Å². The van der Waals surface area contributed by atoms with E-state index in [0.29, 0.717) is 9.75 Å². The first-order chi connectivity index (χ1) is 12.2. The predicted octanol–water partition coefficient (Wildman–Crippen LogP) is 3.94. The molecule has 2 aromatic heterocycles. The number of rotatable bonds is 5. The number of H-pyrrole nitrogens is 1. The Morgan fingerprint density at radius 3 is 2.50 bits per heavy atom. The third-order valence-corrected chi connectivity index (χ3v) is 6.34. The van der Waals surface area contributed by atoms with Gasteiger partial charge in [-0.2, -0.15) is 18.3 Å². The minimum Gasteiger partial charge on any atom is -0.273 e. The number of aromatic amines is 1. The number of aryl methyl sites for hydroxylation is 1. The molecule has 2 N–H and O–H groups in total. The van der Waals surface area contributed by atoms with Gasteiger partial charge in [0.2, 0.25) is 10.0 Å². The van der Waals surface area contributed by atoms with Gasteiger partial charge in [0.05, 0.1) is 9.77 Å². The number of hydrogen-bond donors (Lipinski definition) is 2. The summed E-state index contributed by atoms with van der Waals surface area (Å²) in [6, 6.07) is 11.2. The quantitative estimate of drug-likeness (QED) is 0.680. The summed E-state index contributed by atoms with van der Waals surface area (Å²) in [5.74, 6) is 0. The summed E-state index contributed by atoms with van der Waals surface area (Å²) in [7, 11) is -3.80. The normalized spacial score (nSPS) is 12.5. The zero-order valence-corrected chi connectivity index (χ0v) is 15.1. The molecule has 138 valence electrons. The van der Waals surface area contributed by atoms with Crippen LogP contribution in [0, 0.1) is 6.92 Å². The van der Waals surface area contributed by atoms with E-state index < -0.39 is 21.9 Å². The van der Waals surface area contributed by atoms with Crippen molar-refractivity contribution in [3.63, 3.8) is 0 Å². The van der Waals surface area contributed by atoms with E-state index in [2.05, 4.69) is 9.82 Å². The van der Waals surface area contributed by atoms with E-state index in [0.717, 1.165) is 23.0 Å². The fourth-order valence-corrected chi connectivity index (χ4v) is 4.87. The first-order valence-electron chi connectivity index (χ1n) is 7.44. The number of halogens is 3. The van der Waals surface area contributed by atoms with E-state index in [1.54, 1.807) is 31.2 Å². The van der Waals surface area contributed by atoms with Crippen molar-refractivity contribution in [1.82, 2.24) is 14.9 Å². The van der Waals surface area contributed by atoms with Crippen LogP contribution in [0.2, 0.25) is 0 Å². The lowest BCUT2D eigenvalue weighted by molar-refractivity contribution is -0.141. The molecule has 0 bridgehead atoms. The van der Waals surface area contributed by atoms with Gasteiger partial charge in [0.25, 0.3) is 0 Å².